The number of likely N-dealkylation sites (tertiary alicyclic amines) is 1. The molecule has 0 aromatic carbocycles. The second kappa shape index (κ2) is 7.15. The van der Waals surface area contributed by atoms with E-state index in [4.69, 9.17) is 4.52 Å². The van der Waals surface area contributed by atoms with E-state index >= 15 is 0 Å². The predicted octanol–water partition coefficient (Wildman–Crippen LogP) is 2.22. The molecule has 0 saturated carbocycles. The Kier molecular flexibility index (Phi) is 4.97. The quantitative estimate of drug-likeness (QED) is 0.839. The van der Waals surface area contributed by atoms with Gasteiger partial charge < -0.3 is 9.42 Å². The number of nitrogens with zero attached hydrogens (tertiary/aromatic N) is 5. The van der Waals surface area contributed by atoms with Gasteiger partial charge in [-0.1, -0.05) is 19.0 Å². The van der Waals surface area contributed by atoms with E-state index in [1.807, 2.05) is 16.6 Å². The van der Waals surface area contributed by atoms with Crippen LogP contribution in [0.15, 0.2) is 10.9 Å². The lowest BCUT2D eigenvalue weighted by Crippen LogP contribution is -2.40. The predicted molar refractivity (Wildman–Crippen MR) is 88.3 cm³/mol. The molecule has 2 aromatic heterocycles. The van der Waals surface area contributed by atoms with Gasteiger partial charge in [-0.25, -0.2) is 0 Å². The maximum Gasteiger partial charge on any atom is 0.227 e. The van der Waals surface area contributed by atoms with E-state index < -0.39 is 0 Å². The fourth-order valence-corrected chi connectivity index (χ4v) is 3.67. The largest absolute Gasteiger partial charge is 0.343 e. The summed E-state index contributed by atoms with van der Waals surface area (Å²) in [5.74, 6) is 0.738. The van der Waals surface area contributed by atoms with Gasteiger partial charge in [0.2, 0.25) is 12.3 Å². The van der Waals surface area contributed by atoms with Crippen molar-refractivity contribution >= 4 is 5.91 Å². The number of carbonyl (C=O) groups is 1. The molecule has 0 spiro atoms. The van der Waals surface area contributed by atoms with E-state index in [2.05, 4.69) is 29.1 Å². The first kappa shape index (κ1) is 16.7. The molecule has 1 saturated heterocycles. The van der Waals surface area contributed by atoms with Crippen molar-refractivity contribution in [2.75, 3.05) is 6.54 Å². The highest BCUT2D eigenvalue weighted by molar-refractivity contribution is 5.80. The molecule has 0 radical (unpaired) electrons. The van der Waals surface area contributed by atoms with Crippen LogP contribution in [0, 0.1) is 0 Å². The smallest absolute Gasteiger partial charge is 0.227 e. The number of hydrogen-bond donors (Lipinski definition) is 0. The minimum atomic E-state index is -0.0724. The third-order valence-electron chi connectivity index (χ3n) is 4.86. The van der Waals surface area contributed by atoms with Gasteiger partial charge in [0.05, 0.1) is 18.2 Å². The van der Waals surface area contributed by atoms with Crippen LogP contribution in [0.4, 0.5) is 0 Å². The normalized spacial score (nSPS) is 18.1. The van der Waals surface area contributed by atoms with Crippen LogP contribution in [0.2, 0.25) is 0 Å². The number of aromatic nitrogens is 4. The van der Waals surface area contributed by atoms with Crippen LogP contribution >= 0.6 is 0 Å². The number of rotatable bonds is 5. The average Bonchev–Trinajstić information content (AvgIpc) is 3.23. The molecule has 7 heteroatoms. The third-order valence-corrected chi connectivity index (χ3v) is 4.86. The van der Waals surface area contributed by atoms with E-state index in [0.29, 0.717) is 12.2 Å². The summed E-state index contributed by atoms with van der Waals surface area (Å²) in [7, 11) is 1.95. The number of hydrogen-bond acceptors (Lipinski definition) is 5. The van der Waals surface area contributed by atoms with Gasteiger partial charge in [0.25, 0.3) is 0 Å². The van der Waals surface area contributed by atoms with E-state index in [1.165, 1.54) is 6.39 Å². The lowest BCUT2D eigenvalue weighted by atomic mass is 9.99. The SMILES string of the molecule is CCc1nn(C)c(CC)c1CC(=O)N1CCCCC1c1ncon1. The minimum absolute atomic E-state index is 0.0724. The van der Waals surface area contributed by atoms with Crippen LogP contribution in [0.25, 0.3) is 0 Å². The molecule has 0 aliphatic carbocycles. The van der Waals surface area contributed by atoms with Gasteiger partial charge >= 0.3 is 0 Å². The second-order valence-electron chi connectivity index (χ2n) is 6.27. The van der Waals surface area contributed by atoms with E-state index in [9.17, 15) is 4.79 Å². The fourth-order valence-electron chi connectivity index (χ4n) is 3.67. The van der Waals surface area contributed by atoms with Crippen molar-refractivity contribution in [1.82, 2.24) is 24.8 Å². The van der Waals surface area contributed by atoms with E-state index in [0.717, 1.165) is 55.6 Å². The summed E-state index contributed by atoms with van der Waals surface area (Å²) in [5, 5.41) is 8.53. The van der Waals surface area contributed by atoms with E-state index in [-0.39, 0.29) is 11.9 Å². The number of carbonyl (C=O) groups excluding carboxylic acids is 1. The van der Waals surface area contributed by atoms with Crippen molar-refractivity contribution in [3.05, 3.63) is 29.2 Å². The standard InChI is InChI=1S/C17H25N5O2/c1-4-13-12(14(5-2)21(3)19-13)10-16(23)22-9-7-6-8-15(22)17-18-11-24-20-17/h11,15H,4-10H2,1-3H3. The summed E-state index contributed by atoms with van der Waals surface area (Å²) >= 11 is 0. The summed E-state index contributed by atoms with van der Waals surface area (Å²) in [4.78, 5) is 19.1. The molecule has 1 aliphatic heterocycles. The van der Waals surface area contributed by atoms with Crippen LogP contribution < -0.4 is 0 Å². The first-order valence-electron chi connectivity index (χ1n) is 8.75. The molecule has 1 amide bonds. The topological polar surface area (TPSA) is 77.0 Å². The lowest BCUT2D eigenvalue weighted by Gasteiger charge is -2.34. The first-order chi connectivity index (χ1) is 11.7. The molecular formula is C17H25N5O2. The highest BCUT2D eigenvalue weighted by Crippen LogP contribution is 2.30. The molecule has 130 valence electrons. The van der Waals surface area contributed by atoms with Crippen LogP contribution in [0.5, 0.6) is 0 Å². The number of aryl methyl sites for hydroxylation is 2. The Bertz CT molecular complexity index is 692. The van der Waals surface area contributed by atoms with Crippen molar-refractivity contribution < 1.29 is 9.32 Å². The Labute approximate surface area is 142 Å². The highest BCUT2D eigenvalue weighted by atomic mass is 16.5. The molecular weight excluding hydrogens is 306 g/mol. The molecule has 24 heavy (non-hydrogen) atoms. The van der Waals surface area contributed by atoms with E-state index in [1.54, 1.807) is 0 Å². The van der Waals surface area contributed by atoms with Crippen molar-refractivity contribution in [2.24, 2.45) is 7.05 Å². The third kappa shape index (κ3) is 3.07. The molecule has 1 unspecified atom stereocenters. The monoisotopic (exact) mass is 331 g/mol. The number of piperidine rings is 1. The lowest BCUT2D eigenvalue weighted by molar-refractivity contribution is -0.134. The highest BCUT2D eigenvalue weighted by Gasteiger charge is 2.31. The van der Waals surface area contributed by atoms with Gasteiger partial charge in [0.1, 0.15) is 0 Å². The first-order valence-corrected chi connectivity index (χ1v) is 8.75. The van der Waals surface area contributed by atoms with Crippen molar-refractivity contribution in [3.8, 4) is 0 Å². The van der Waals surface area contributed by atoms with Crippen LogP contribution in [0.1, 0.15) is 61.9 Å². The van der Waals surface area contributed by atoms with Crippen LogP contribution in [-0.2, 0) is 31.1 Å². The Morgan fingerprint density at radius 3 is 2.83 bits per heavy atom. The summed E-state index contributed by atoms with van der Waals surface area (Å²) in [6.45, 7) is 4.94. The van der Waals surface area contributed by atoms with Crippen LogP contribution in [-0.4, -0.2) is 37.3 Å². The molecule has 1 aliphatic rings. The average molecular weight is 331 g/mol. The molecule has 1 fully saturated rings. The molecule has 3 heterocycles. The summed E-state index contributed by atoms with van der Waals surface area (Å²) < 4.78 is 6.79. The minimum Gasteiger partial charge on any atom is -0.343 e. The summed E-state index contributed by atoms with van der Waals surface area (Å²) in [6, 6.07) is -0.0724. The molecule has 0 N–H and O–H groups in total. The fraction of sp³-hybridized carbons (Fsp3) is 0.647. The maximum atomic E-state index is 13.0. The van der Waals surface area contributed by atoms with Crippen LogP contribution in [0.3, 0.4) is 0 Å². The summed E-state index contributed by atoms with van der Waals surface area (Å²) in [6.07, 6.45) is 6.43. The zero-order valence-corrected chi connectivity index (χ0v) is 14.7. The Hall–Kier alpha value is -2.18. The van der Waals surface area contributed by atoms with Crippen molar-refractivity contribution in [3.63, 3.8) is 0 Å². The zero-order chi connectivity index (χ0) is 17.1. The van der Waals surface area contributed by atoms with Gasteiger partial charge in [0, 0.05) is 24.8 Å². The Balaban J connectivity index is 1.83. The van der Waals surface area contributed by atoms with Crippen molar-refractivity contribution in [2.45, 2.75) is 58.4 Å². The van der Waals surface area contributed by atoms with Crippen molar-refractivity contribution in [1.29, 1.82) is 0 Å². The van der Waals surface area contributed by atoms with Gasteiger partial charge in [-0.05, 0) is 32.1 Å². The summed E-state index contributed by atoms with van der Waals surface area (Å²) in [5.41, 5.74) is 3.26. The maximum absolute atomic E-state index is 13.0. The van der Waals surface area contributed by atoms with Gasteiger partial charge in [0.15, 0.2) is 5.82 Å². The van der Waals surface area contributed by atoms with Gasteiger partial charge in [-0.15, -0.1) is 0 Å². The molecule has 2 aromatic rings. The number of amides is 1. The Morgan fingerprint density at radius 1 is 1.33 bits per heavy atom. The molecule has 0 bridgehead atoms. The Morgan fingerprint density at radius 2 is 2.17 bits per heavy atom. The molecule has 1 atom stereocenters. The zero-order valence-electron chi connectivity index (χ0n) is 14.7. The molecule has 7 nitrogen and oxygen atoms in total. The second-order valence-corrected chi connectivity index (χ2v) is 6.27. The van der Waals surface area contributed by atoms with Gasteiger partial charge in [-0.2, -0.15) is 10.1 Å². The van der Waals surface area contributed by atoms with Gasteiger partial charge in [-0.3, -0.25) is 9.48 Å². The molecule has 3 rings (SSSR count).